The summed E-state index contributed by atoms with van der Waals surface area (Å²) in [6.07, 6.45) is 1.95. The van der Waals surface area contributed by atoms with Gasteiger partial charge in [0.1, 0.15) is 11.6 Å². The molecule has 4 aromatic rings. The van der Waals surface area contributed by atoms with E-state index in [4.69, 9.17) is 5.11 Å². The van der Waals surface area contributed by atoms with Gasteiger partial charge in [-0.15, -0.1) is 5.73 Å². The second-order valence-corrected chi connectivity index (χ2v) is 9.77. The molecule has 0 fully saturated rings. The Labute approximate surface area is 290 Å². The molecule has 0 aliphatic heterocycles. The fourth-order valence-corrected chi connectivity index (χ4v) is 3.93. The minimum Gasteiger partial charge on any atom is -0.400 e. The third-order valence-electron chi connectivity index (χ3n) is 6.65. The molecular formula is C37H30F14O. The molecule has 2 radical (unpaired) electrons. The molecule has 15 heteroatoms. The van der Waals surface area contributed by atoms with Crippen molar-refractivity contribution in [1.29, 1.82) is 0 Å². The third-order valence-corrected chi connectivity index (χ3v) is 6.65. The van der Waals surface area contributed by atoms with Crippen LogP contribution in [0.25, 0.3) is 12.2 Å². The number of aryl methyl sites for hydroxylation is 1. The van der Waals surface area contributed by atoms with Gasteiger partial charge < -0.3 is 5.11 Å². The van der Waals surface area contributed by atoms with Crippen LogP contribution in [0.4, 0.5) is 61.5 Å². The van der Waals surface area contributed by atoms with Crippen LogP contribution in [0.5, 0.6) is 0 Å². The number of halogens is 14. The molecule has 4 rings (SSSR count). The quantitative estimate of drug-likeness (QED) is 0.0952. The summed E-state index contributed by atoms with van der Waals surface area (Å²) in [5, 5.41) is 7.00. The van der Waals surface area contributed by atoms with Crippen LogP contribution in [-0.4, -0.2) is 12.2 Å². The number of hydrogen-bond acceptors (Lipinski definition) is 1. The smallest absolute Gasteiger partial charge is 0.200 e. The van der Waals surface area contributed by atoms with E-state index >= 15 is 0 Å². The van der Waals surface area contributed by atoms with Crippen molar-refractivity contribution in [3.63, 3.8) is 0 Å². The van der Waals surface area contributed by atoms with Gasteiger partial charge in [0, 0.05) is 23.8 Å². The van der Waals surface area contributed by atoms with Gasteiger partial charge >= 0.3 is 0 Å². The van der Waals surface area contributed by atoms with E-state index in [9.17, 15) is 61.5 Å². The van der Waals surface area contributed by atoms with Gasteiger partial charge in [-0.3, -0.25) is 0 Å². The maximum atomic E-state index is 13.2. The summed E-state index contributed by atoms with van der Waals surface area (Å²) in [4.78, 5) is 0. The Hall–Kier alpha value is -4.88. The molecule has 282 valence electrons. The standard InChI is InChI=1S/C11H10F3.C9H2F5.C9H8F4.C7H6F2.CH4O/c1-4-7-6(3)9(12)11(14)10(13)8(7)5-2;1-2-3-4-5(10)7(12)9(14)8(13)6(4)11;1-3-5-8(12)6(10)4(2)7(11)9(5)13;1-5-4-6(8)2-3-7(5)9;1-2/h5H,2-4H2,1H3;1,3H;3H2,1-2H3;2-4H,1H3;2H,1H3. The summed E-state index contributed by atoms with van der Waals surface area (Å²) < 4.78 is 178. The predicted octanol–water partition coefficient (Wildman–Crippen LogP) is 11.5. The first-order chi connectivity index (χ1) is 24.2. The highest BCUT2D eigenvalue weighted by molar-refractivity contribution is 5.56. The molecule has 0 bridgehead atoms. The van der Waals surface area contributed by atoms with Crippen LogP contribution in [0.1, 0.15) is 52.8 Å². The summed E-state index contributed by atoms with van der Waals surface area (Å²) >= 11 is 0. The Morgan fingerprint density at radius 3 is 1.37 bits per heavy atom. The lowest BCUT2D eigenvalue weighted by atomic mass is 9.98. The van der Waals surface area contributed by atoms with Crippen molar-refractivity contribution in [3.05, 3.63) is 164 Å². The average molecular weight is 757 g/mol. The molecule has 0 spiro atoms. The van der Waals surface area contributed by atoms with Gasteiger partial charge in [-0.05, 0) is 81.2 Å². The Bertz CT molecular complexity index is 1870. The van der Waals surface area contributed by atoms with Crippen LogP contribution in [0.2, 0.25) is 0 Å². The minimum atomic E-state index is -2.20. The van der Waals surface area contributed by atoms with Crippen molar-refractivity contribution in [2.24, 2.45) is 0 Å². The zero-order valence-electron chi connectivity index (χ0n) is 28.0. The van der Waals surface area contributed by atoms with Gasteiger partial charge in [-0.1, -0.05) is 26.5 Å². The second kappa shape index (κ2) is 21.5. The van der Waals surface area contributed by atoms with Gasteiger partial charge in [0.25, 0.3) is 0 Å². The van der Waals surface area contributed by atoms with Crippen molar-refractivity contribution in [1.82, 2.24) is 0 Å². The Kier molecular flexibility index (Phi) is 19.5. The summed E-state index contributed by atoms with van der Waals surface area (Å²) in [6.45, 7) is 17.1. The fraction of sp³-hybridized carbons (Fsp3) is 0.189. The fourth-order valence-electron chi connectivity index (χ4n) is 3.93. The molecular weight excluding hydrogens is 726 g/mol. The van der Waals surface area contributed by atoms with Crippen molar-refractivity contribution >= 4 is 12.2 Å². The van der Waals surface area contributed by atoms with E-state index in [0.29, 0.717) is 23.6 Å². The molecule has 1 nitrogen and oxygen atoms in total. The van der Waals surface area contributed by atoms with E-state index in [0.717, 1.165) is 32.2 Å². The third kappa shape index (κ3) is 11.1. The van der Waals surface area contributed by atoms with Crippen LogP contribution < -0.4 is 0 Å². The largest absolute Gasteiger partial charge is 0.400 e. The molecule has 0 aliphatic carbocycles. The van der Waals surface area contributed by atoms with E-state index in [1.807, 2.05) is 0 Å². The molecule has 1 N–H and O–H groups in total. The van der Waals surface area contributed by atoms with Crippen molar-refractivity contribution in [2.75, 3.05) is 7.11 Å². The lowest BCUT2D eigenvalue weighted by Crippen LogP contribution is -2.05. The van der Waals surface area contributed by atoms with Gasteiger partial charge in [0.15, 0.2) is 64.0 Å². The summed E-state index contributed by atoms with van der Waals surface area (Å²) in [7, 11) is 1.00. The first-order valence-corrected chi connectivity index (χ1v) is 14.4. The number of benzene rings is 4. The number of aliphatic hydroxyl groups is 1. The van der Waals surface area contributed by atoms with Gasteiger partial charge in [-0.25, -0.2) is 61.5 Å². The number of rotatable bonds is 4. The topological polar surface area (TPSA) is 20.2 Å². The molecule has 0 heterocycles. The molecule has 0 aromatic heterocycles. The van der Waals surface area contributed by atoms with Crippen LogP contribution in [-0.2, 0) is 12.8 Å². The van der Waals surface area contributed by atoms with E-state index in [1.54, 1.807) is 12.7 Å². The van der Waals surface area contributed by atoms with Crippen molar-refractivity contribution in [3.8, 4) is 0 Å². The highest BCUT2D eigenvalue weighted by atomic mass is 19.2. The average Bonchev–Trinajstić information content (AvgIpc) is 3.14. The van der Waals surface area contributed by atoms with Crippen LogP contribution in [0, 0.1) is 109 Å². The zero-order chi connectivity index (χ0) is 40.8. The minimum absolute atomic E-state index is 0.00333. The molecule has 4 aromatic carbocycles. The Morgan fingerprint density at radius 2 is 1.00 bits per heavy atom. The van der Waals surface area contributed by atoms with E-state index < -0.39 is 92.3 Å². The highest BCUT2D eigenvalue weighted by Crippen LogP contribution is 2.27. The first kappa shape index (κ1) is 47.1. The highest BCUT2D eigenvalue weighted by Gasteiger charge is 2.24. The SMILES string of the molecule is CCc1c(F)c(F)c(C)c(F)c1F.CO.Cc1cc(F)ccc1F.[CH2]c1c(F)c(F)c(F)c(C=C)c1CC.[CH]=C=Cc1c(F)c(F)c(F)c(F)c1F. The Morgan fingerprint density at radius 1 is 0.596 bits per heavy atom. The van der Waals surface area contributed by atoms with Crippen molar-refractivity contribution < 1.29 is 66.6 Å². The molecule has 0 saturated heterocycles. The maximum absolute atomic E-state index is 13.2. The molecule has 52 heavy (non-hydrogen) atoms. The van der Waals surface area contributed by atoms with Crippen LogP contribution in [0.3, 0.4) is 0 Å². The maximum Gasteiger partial charge on any atom is 0.200 e. The second-order valence-electron chi connectivity index (χ2n) is 9.77. The Balaban J connectivity index is 0.000000663. The zero-order valence-corrected chi connectivity index (χ0v) is 28.0. The lowest BCUT2D eigenvalue weighted by molar-refractivity contribution is 0.377. The van der Waals surface area contributed by atoms with Gasteiger partial charge in [0.05, 0.1) is 5.56 Å². The molecule has 0 aliphatic rings. The molecule has 0 atom stereocenters. The van der Waals surface area contributed by atoms with E-state index in [-0.39, 0.29) is 23.4 Å². The summed E-state index contributed by atoms with van der Waals surface area (Å²) in [5.41, 5.74) is 0.0128. The van der Waals surface area contributed by atoms with Crippen molar-refractivity contribution in [2.45, 2.75) is 40.5 Å². The number of aliphatic hydroxyl groups excluding tert-OH is 1. The van der Waals surface area contributed by atoms with Gasteiger partial charge in [-0.2, -0.15) is 0 Å². The molecule has 0 saturated carbocycles. The van der Waals surface area contributed by atoms with E-state index in [2.05, 4.69) is 20.1 Å². The van der Waals surface area contributed by atoms with Crippen LogP contribution >= 0.6 is 0 Å². The lowest BCUT2D eigenvalue weighted by Gasteiger charge is -2.10. The van der Waals surface area contributed by atoms with E-state index in [1.165, 1.54) is 19.9 Å². The predicted molar refractivity (Wildman–Crippen MR) is 168 cm³/mol. The normalized spacial score (nSPS) is 9.87. The monoisotopic (exact) mass is 756 g/mol. The first-order valence-electron chi connectivity index (χ1n) is 14.4. The summed E-state index contributed by atoms with van der Waals surface area (Å²) in [6, 6.07) is 3.38. The van der Waals surface area contributed by atoms with Crippen LogP contribution in [0.15, 0.2) is 30.5 Å². The molecule has 0 amide bonds. The number of hydrogen-bond donors (Lipinski definition) is 1. The molecule has 0 unspecified atom stereocenters. The summed E-state index contributed by atoms with van der Waals surface area (Å²) in [5.74, 6) is -19.9. The van der Waals surface area contributed by atoms with Gasteiger partial charge in [0.2, 0.25) is 5.82 Å².